The van der Waals surface area contributed by atoms with Gasteiger partial charge in [-0.15, -0.1) is 0 Å². The Morgan fingerprint density at radius 3 is 2.19 bits per heavy atom. The largest absolute Gasteiger partial charge is 0.390 e. The average Bonchev–Trinajstić information content (AvgIpc) is 3.02. The normalized spacial score (nSPS) is 61.7. The second-order valence-electron chi connectivity index (χ2n) is 12.1. The van der Waals surface area contributed by atoms with Crippen molar-refractivity contribution in [1.29, 1.82) is 0 Å². The van der Waals surface area contributed by atoms with Gasteiger partial charge in [-0.2, -0.15) is 0 Å². The van der Waals surface area contributed by atoms with Crippen LogP contribution >= 0.6 is 0 Å². The lowest BCUT2D eigenvalue weighted by Crippen LogP contribution is -2.64. The van der Waals surface area contributed by atoms with Gasteiger partial charge in [-0.25, -0.2) is 0 Å². The van der Waals surface area contributed by atoms with Crippen molar-refractivity contribution >= 4 is 0 Å². The van der Waals surface area contributed by atoms with Crippen LogP contribution in [0.5, 0.6) is 0 Å². The second-order valence-corrected chi connectivity index (χ2v) is 12.1. The van der Waals surface area contributed by atoms with Gasteiger partial charge in [0.05, 0.1) is 17.8 Å². The number of rotatable bonds is 0. The van der Waals surface area contributed by atoms with Gasteiger partial charge < -0.3 is 14.6 Å². The molecule has 1 saturated heterocycles. The number of hydrogen-bond donors (Lipinski definition) is 1. The monoisotopic (exact) mass is 376 g/mol. The van der Waals surface area contributed by atoms with Gasteiger partial charge in [-0.1, -0.05) is 27.2 Å². The zero-order valence-electron chi connectivity index (χ0n) is 18.3. The van der Waals surface area contributed by atoms with Crippen molar-refractivity contribution in [3.05, 3.63) is 0 Å². The Bertz CT molecular complexity index is 627. The topological polar surface area (TPSA) is 38.7 Å². The van der Waals surface area contributed by atoms with Crippen LogP contribution in [-0.4, -0.2) is 28.7 Å². The molecule has 0 aromatic heterocycles. The number of ether oxygens (including phenoxy) is 2. The van der Waals surface area contributed by atoms with Crippen LogP contribution in [0.3, 0.4) is 0 Å². The van der Waals surface area contributed by atoms with E-state index in [1.54, 1.807) is 0 Å². The molecule has 1 aliphatic heterocycles. The summed E-state index contributed by atoms with van der Waals surface area (Å²) < 4.78 is 13.3. The molecule has 5 aliphatic rings. The van der Waals surface area contributed by atoms with Crippen molar-refractivity contribution in [3.63, 3.8) is 0 Å². The molecule has 0 spiro atoms. The van der Waals surface area contributed by atoms with Crippen LogP contribution in [-0.2, 0) is 9.47 Å². The van der Waals surface area contributed by atoms with Crippen molar-refractivity contribution in [2.75, 3.05) is 0 Å². The van der Waals surface area contributed by atoms with E-state index < -0.39 is 11.4 Å². The Balaban J connectivity index is 1.59. The summed E-state index contributed by atoms with van der Waals surface area (Å²) >= 11 is 0. The fourth-order valence-corrected chi connectivity index (χ4v) is 8.63. The molecule has 0 unspecified atom stereocenters. The fourth-order valence-electron chi connectivity index (χ4n) is 8.63. The molecule has 4 saturated carbocycles. The first-order valence-electron chi connectivity index (χ1n) is 11.6. The summed E-state index contributed by atoms with van der Waals surface area (Å²) in [6.07, 6.45) is 8.96. The average molecular weight is 377 g/mol. The minimum absolute atomic E-state index is 0.0277. The molecule has 5 fully saturated rings. The highest BCUT2D eigenvalue weighted by molar-refractivity contribution is 5.17. The Hall–Kier alpha value is -0.120. The van der Waals surface area contributed by atoms with E-state index in [1.165, 1.54) is 32.1 Å². The fraction of sp³-hybridized carbons (Fsp3) is 1.00. The van der Waals surface area contributed by atoms with Gasteiger partial charge in [-0.05, 0) is 99.7 Å². The van der Waals surface area contributed by atoms with Crippen LogP contribution in [0.4, 0.5) is 0 Å². The predicted molar refractivity (Wildman–Crippen MR) is 106 cm³/mol. The highest BCUT2D eigenvalue weighted by atomic mass is 16.8. The molecule has 4 aliphatic carbocycles. The third-order valence-corrected chi connectivity index (χ3v) is 10.4. The van der Waals surface area contributed by atoms with E-state index in [-0.39, 0.29) is 17.6 Å². The van der Waals surface area contributed by atoms with E-state index in [4.69, 9.17) is 9.47 Å². The summed E-state index contributed by atoms with van der Waals surface area (Å²) in [7, 11) is 0. The minimum atomic E-state index is -0.536. The van der Waals surface area contributed by atoms with E-state index in [2.05, 4.69) is 41.5 Å². The summed E-state index contributed by atoms with van der Waals surface area (Å²) in [5, 5.41) is 11.2. The van der Waals surface area contributed by atoms with E-state index in [9.17, 15) is 5.11 Å². The van der Waals surface area contributed by atoms with E-state index >= 15 is 0 Å². The summed E-state index contributed by atoms with van der Waals surface area (Å²) in [5.41, 5.74) is -0.135. The molecule has 3 heteroatoms. The van der Waals surface area contributed by atoms with Gasteiger partial charge in [0.1, 0.15) is 0 Å². The van der Waals surface area contributed by atoms with Crippen LogP contribution in [0, 0.1) is 40.4 Å². The summed E-state index contributed by atoms with van der Waals surface area (Å²) in [6, 6.07) is 0. The molecule has 1 heterocycles. The molecule has 154 valence electrons. The molecule has 0 aromatic carbocycles. The molecule has 27 heavy (non-hydrogen) atoms. The van der Waals surface area contributed by atoms with Gasteiger partial charge in [0.25, 0.3) is 0 Å². The maximum Gasteiger partial charge on any atom is 0.163 e. The molecule has 0 bridgehead atoms. The molecular weight excluding hydrogens is 336 g/mol. The zero-order valence-corrected chi connectivity index (χ0v) is 18.3. The van der Waals surface area contributed by atoms with Crippen LogP contribution in [0.2, 0.25) is 0 Å². The van der Waals surface area contributed by atoms with Crippen molar-refractivity contribution in [3.8, 4) is 0 Å². The van der Waals surface area contributed by atoms with Gasteiger partial charge >= 0.3 is 0 Å². The highest BCUT2D eigenvalue weighted by Crippen LogP contribution is 2.70. The van der Waals surface area contributed by atoms with Crippen molar-refractivity contribution in [2.45, 2.75) is 110 Å². The van der Waals surface area contributed by atoms with Gasteiger partial charge in [0.15, 0.2) is 5.79 Å². The van der Waals surface area contributed by atoms with Gasteiger partial charge in [0.2, 0.25) is 0 Å². The van der Waals surface area contributed by atoms with E-state index in [0.717, 1.165) is 24.7 Å². The molecular formula is C24H40O3. The zero-order chi connectivity index (χ0) is 19.4. The Kier molecular flexibility index (Phi) is 3.86. The first-order valence-corrected chi connectivity index (χ1v) is 11.6. The van der Waals surface area contributed by atoms with Crippen molar-refractivity contribution in [2.24, 2.45) is 40.4 Å². The van der Waals surface area contributed by atoms with Crippen LogP contribution in [0.25, 0.3) is 0 Å². The molecule has 10 atom stereocenters. The summed E-state index contributed by atoms with van der Waals surface area (Å²) in [4.78, 5) is 0. The first kappa shape index (κ1) is 18.9. The second kappa shape index (κ2) is 5.52. The first-order chi connectivity index (χ1) is 12.5. The van der Waals surface area contributed by atoms with Gasteiger partial charge in [-0.3, -0.25) is 0 Å². The molecule has 5 rings (SSSR count). The standard InChI is InChI=1S/C24H40O3/c1-14-7-10-22(4)15-8-11-23(5)16(9-12-24(23,6)25)18(15)20-19(17(22)13-14)26-21(2,3)27-20/h14-20,25H,7-13H2,1-6H3/t14-,15-,16-,17+,18+,19+,20+,22+,23-,24-/m0/s1. The number of fused-ring (bicyclic) bond motifs is 8. The summed E-state index contributed by atoms with van der Waals surface area (Å²) in [5.74, 6) is 2.78. The molecule has 3 nitrogen and oxygen atoms in total. The van der Waals surface area contributed by atoms with Gasteiger partial charge in [0, 0.05) is 0 Å². The maximum atomic E-state index is 11.2. The minimum Gasteiger partial charge on any atom is -0.390 e. The van der Waals surface area contributed by atoms with Crippen molar-refractivity contribution in [1.82, 2.24) is 0 Å². The predicted octanol–water partition coefficient (Wildman–Crippen LogP) is 5.16. The summed E-state index contributed by atoms with van der Waals surface area (Å²) in [6.45, 7) is 13.7. The Morgan fingerprint density at radius 2 is 1.44 bits per heavy atom. The molecule has 1 N–H and O–H groups in total. The van der Waals surface area contributed by atoms with Crippen LogP contribution < -0.4 is 0 Å². The van der Waals surface area contributed by atoms with Crippen LogP contribution in [0.1, 0.15) is 86.5 Å². The Labute approximate surface area is 165 Å². The maximum absolute atomic E-state index is 11.2. The SMILES string of the molecule is C[C@H]1CC[C@@]2(C)[C@H](C1)[C@H]1OC(C)(C)O[C@@H]1[C@@H]1[C@@H]2CC[C@@]2(C)[C@H]1CC[C@]2(C)O. The van der Waals surface area contributed by atoms with Crippen LogP contribution in [0.15, 0.2) is 0 Å². The number of hydrogen-bond acceptors (Lipinski definition) is 3. The molecule has 0 radical (unpaired) electrons. The van der Waals surface area contributed by atoms with E-state index in [1.807, 2.05) is 0 Å². The quantitative estimate of drug-likeness (QED) is 0.635. The van der Waals surface area contributed by atoms with E-state index in [0.29, 0.717) is 23.2 Å². The Morgan fingerprint density at radius 1 is 0.778 bits per heavy atom. The smallest absolute Gasteiger partial charge is 0.163 e. The highest BCUT2D eigenvalue weighted by Gasteiger charge is 2.69. The lowest BCUT2D eigenvalue weighted by molar-refractivity contribution is -0.198. The molecule has 0 amide bonds. The lowest BCUT2D eigenvalue weighted by Gasteiger charge is -2.63. The number of aliphatic hydroxyl groups is 1. The third kappa shape index (κ3) is 2.37. The lowest BCUT2D eigenvalue weighted by atomic mass is 9.42. The van der Waals surface area contributed by atoms with Crippen molar-refractivity contribution < 1.29 is 14.6 Å². The molecule has 0 aromatic rings. The third-order valence-electron chi connectivity index (χ3n) is 10.4.